The molecule has 1 unspecified atom stereocenters. The lowest BCUT2D eigenvalue weighted by atomic mass is 10.1. The topological polar surface area (TPSA) is 55.6 Å². The minimum atomic E-state index is -4.57. The van der Waals surface area contributed by atoms with Gasteiger partial charge >= 0.3 is 6.18 Å². The standard InChI is InChI=1S/C11H11F3N2O2/c12-11(13,14)9(5-15)16-7-3-1-2-4-8(7)18-6-10(16)17/h1-4,9H,5-6,15H2. The van der Waals surface area contributed by atoms with Gasteiger partial charge in [-0.1, -0.05) is 12.1 Å². The fourth-order valence-electron chi connectivity index (χ4n) is 1.85. The zero-order valence-corrected chi connectivity index (χ0v) is 9.28. The van der Waals surface area contributed by atoms with Crippen LogP contribution in [0.15, 0.2) is 24.3 Å². The second-order valence-electron chi connectivity index (χ2n) is 3.81. The number of halogens is 3. The molecule has 0 saturated carbocycles. The summed E-state index contributed by atoms with van der Waals surface area (Å²) in [6.07, 6.45) is -4.57. The second-order valence-corrected chi connectivity index (χ2v) is 3.81. The SMILES string of the molecule is NCC(N1C(=O)COc2ccccc21)C(F)(F)F. The zero-order valence-electron chi connectivity index (χ0n) is 9.28. The van der Waals surface area contributed by atoms with Crippen molar-refractivity contribution < 1.29 is 22.7 Å². The summed E-state index contributed by atoms with van der Waals surface area (Å²) in [4.78, 5) is 12.3. The first kappa shape index (κ1) is 12.7. The molecule has 0 radical (unpaired) electrons. The number of ether oxygens (including phenoxy) is 1. The number of nitrogens with zero attached hydrogens (tertiary/aromatic N) is 1. The third-order valence-corrected chi connectivity index (χ3v) is 2.66. The lowest BCUT2D eigenvalue weighted by Crippen LogP contribution is -2.55. The number of hydrogen-bond donors (Lipinski definition) is 1. The summed E-state index contributed by atoms with van der Waals surface area (Å²) in [5, 5.41) is 0. The van der Waals surface area contributed by atoms with Crippen LogP contribution in [0.3, 0.4) is 0 Å². The van der Waals surface area contributed by atoms with Crippen LogP contribution in [-0.4, -0.2) is 31.3 Å². The highest BCUT2D eigenvalue weighted by molar-refractivity contribution is 5.98. The predicted molar refractivity (Wildman–Crippen MR) is 58.3 cm³/mol. The Labute approximate surface area is 101 Å². The summed E-state index contributed by atoms with van der Waals surface area (Å²) in [7, 11) is 0. The number of fused-ring (bicyclic) bond motifs is 1. The Morgan fingerprint density at radius 1 is 1.39 bits per heavy atom. The number of alkyl halides is 3. The van der Waals surface area contributed by atoms with Gasteiger partial charge in [0.15, 0.2) is 6.61 Å². The molecule has 0 aromatic heterocycles. The van der Waals surface area contributed by atoms with Gasteiger partial charge < -0.3 is 10.5 Å². The molecule has 7 heteroatoms. The molecule has 2 rings (SSSR count). The van der Waals surface area contributed by atoms with E-state index in [-0.39, 0.29) is 11.4 Å². The Hall–Kier alpha value is -1.76. The van der Waals surface area contributed by atoms with Gasteiger partial charge in [-0.15, -0.1) is 0 Å². The normalized spacial score (nSPS) is 17.1. The molecule has 1 aromatic rings. The summed E-state index contributed by atoms with van der Waals surface area (Å²) < 4.78 is 43.6. The van der Waals surface area contributed by atoms with E-state index >= 15 is 0 Å². The summed E-state index contributed by atoms with van der Waals surface area (Å²) in [5.74, 6) is -0.499. The Morgan fingerprint density at radius 2 is 2.06 bits per heavy atom. The third kappa shape index (κ3) is 2.13. The fourth-order valence-corrected chi connectivity index (χ4v) is 1.85. The smallest absolute Gasteiger partial charge is 0.410 e. The minimum Gasteiger partial charge on any atom is -0.482 e. The molecule has 18 heavy (non-hydrogen) atoms. The Kier molecular flexibility index (Phi) is 3.16. The first-order valence-corrected chi connectivity index (χ1v) is 5.26. The van der Waals surface area contributed by atoms with Gasteiger partial charge in [0.2, 0.25) is 0 Å². The highest BCUT2D eigenvalue weighted by atomic mass is 19.4. The van der Waals surface area contributed by atoms with Crippen molar-refractivity contribution in [2.75, 3.05) is 18.1 Å². The molecular formula is C11H11F3N2O2. The molecule has 0 aliphatic carbocycles. The van der Waals surface area contributed by atoms with Gasteiger partial charge in [0.05, 0.1) is 5.69 Å². The molecule has 1 heterocycles. The molecule has 0 fully saturated rings. The van der Waals surface area contributed by atoms with E-state index < -0.39 is 31.3 Å². The van der Waals surface area contributed by atoms with Gasteiger partial charge in [0, 0.05) is 6.54 Å². The maximum absolute atomic E-state index is 12.9. The Balaban J connectivity index is 2.46. The van der Waals surface area contributed by atoms with Crippen LogP contribution in [0, 0.1) is 0 Å². The van der Waals surface area contributed by atoms with Gasteiger partial charge in [0.1, 0.15) is 11.8 Å². The Bertz CT molecular complexity index is 462. The van der Waals surface area contributed by atoms with Crippen LogP contribution >= 0.6 is 0 Å². The van der Waals surface area contributed by atoms with E-state index in [0.29, 0.717) is 4.90 Å². The number of carbonyl (C=O) groups is 1. The summed E-state index contributed by atoms with van der Waals surface area (Å²) in [6, 6.07) is 4.05. The van der Waals surface area contributed by atoms with Crippen molar-refractivity contribution in [3.05, 3.63) is 24.3 Å². The monoisotopic (exact) mass is 260 g/mol. The van der Waals surface area contributed by atoms with Crippen LogP contribution < -0.4 is 15.4 Å². The fraction of sp³-hybridized carbons (Fsp3) is 0.364. The van der Waals surface area contributed by atoms with Gasteiger partial charge in [-0.05, 0) is 12.1 Å². The number of para-hydroxylation sites is 2. The lowest BCUT2D eigenvalue weighted by molar-refractivity contribution is -0.153. The van der Waals surface area contributed by atoms with Crippen molar-refractivity contribution >= 4 is 11.6 Å². The number of nitrogens with two attached hydrogens (primary N) is 1. The first-order valence-electron chi connectivity index (χ1n) is 5.26. The van der Waals surface area contributed by atoms with Crippen LogP contribution in [0.5, 0.6) is 5.75 Å². The van der Waals surface area contributed by atoms with E-state index in [9.17, 15) is 18.0 Å². The minimum absolute atomic E-state index is 0.0986. The van der Waals surface area contributed by atoms with E-state index in [1.54, 1.807) is 6.07 Å². The molecule has 0 saturated heterocycles. The van der Waals surface area contributed by atoms with Crippen LogP contribution in [0.25, 0.3) is 0 Å². The molecule has 1 aromatic carbocycles. The van der Waals surface area contributed by atoms with Crippen LogP contribution in [0.1, 0.15) is 0 Å². The number of rotatable bonds is 2. The third-order valence-electron chi connectivity index (χ3n) is 2.66. The zero-order chi connectivity index (χ0) is 13.3. The van der Waals surface area contributed by atoms with Crippen molar-refractivity contribution in [3.63, 3.8) is 0 Å². The largest absolute Gasteiger partial charge is 0.482 e. The van der Waals surface area contributed by atoms with Crippen LogP contribution in [0.4, 0.5) is 18.9 Å². The average Bonchev–Trinajstić information content (AvgIpc) is 2.31. The van der Waals surface area contributed by atoms with Gasteiger partial charge in [-0.25, -0.2) is 0 Å². The maximum Gasteiger partial charge on any atom is 0.410 e. The van der Waals surface area contributed by atoms with Crippen LogP contribution in [0.2, 0.25) is 0 Å². The molecule has 2 N–H and O–H groups in total. The van der Waals surface area contributed by atoms with Crippen molar-refractivity contribution in [3.8, 4) is 5.75 Å². The number of hydrogen-bond acceptors (Lipinski definition) is 3. The van der Waals surface area contributed by atoms with Crippen molar-refractivity contribution in [1.82, 2.24) is 0 Å². The van der Waals surface area contributed by atoms with E-state index in [0.717, 1.165) is 0 Å². The summed E-state index contributed by atoms with van der Waals surface area (Å²) in [5.41, 5.74) is 5.25. The van der Waals surface area contributed by atoms with Crippen LogP contribution in [-0.2, 0) is 4.79 Å². The molecule has 0 bridgehead atoms. The van der Waals surface area contributed by atoms with Gasteiger partial charge in [0.25, 0.3) is 5.91 Å². The highest BCUT2D eigenvalue weighted by Crippen LogP contribution is 2.36. The van der Waals surface area contributed by atoms with Crippen molar-refractivity contribution in [1.29, 1.82) is 0 Å². The van der Waals surface area contributed by atoms with Gasteiger partial charge in [-0.3, -0.25) is 9.69 Å². The van der Waals surface area contributed by atoms with E-state index in [2.05, 4.69) is 0 Å². The molecular weight excluding hydrogens is 249 g/mol. The molecule has 1 aliphatic rings. The van der Waals surface area contributed by atoms with E-state index in [1.807, 2.05) is 0 Å². The quantitative estimate of drug-likeness (QED) is 0.872. The second kappa shape index (κ2) is 4.49. The molecule has 98 valence electrons. The average molecular weight is 260 g/mol. The molecule has 1 atom stereocenters. The highest BCUT2D eigenvalue weighted by Gasteiger charge is 2.47. The summed E-state index contributed by atoms with van der Waals surface area (Å²) in [6.45, 7) is -1.10. The lowest BCUT2D eigenvalue weighted by Gasteiger charge is -2.35. The molecule has 4 nitrogen and oxygen atoms in total. The van der Waals surface area contributed by atoms with E-state index in [1.165, 1.54) is 18.2 Å². The molecule has 1 amide bonds. The molecule has 1 aliphatic heterocycles. The molecule has 0 spiro atoms. The van der Waals surface area contributed by atoms with Gasteiger partial charge in [-0.2, -0.15) is 13.2 Å². The van der Waals surface area contributed by atoms with Crippen molar-refractivity contribution in [2.24, 2.45) is 5.73 Å². The number of anilines is 1. The number of benzene rings is 1. The first-order chi connectivity index (χ1) is 8.45. The number of amides is 1. The predicted octanol–water partition coefficient (Wildman–Crippen LogP) is 1.30. The Morgan fingerprint density at radius 3 is 2.67 bits per heavy atom. The summed E-state index contributed by atoms with van der Waals surface area (Å²) >= 11 is 0. The number of carbonyl (C=O) groups excluding carboxylic acids is 1. The maximum atomic E-state index is 12.9. The van der Waals surface area contributed by atoms with Crippen molar-refractivity contribution in [2.45, 2.75) is 12.2 Å². The van der Waals surface area contributed by atoms with E-state index in [4.69, 9.17) is 10.5 Å².